The Hall–Kier alpha value is 0.210. The van der Waals surface area contributed by atoms with Crippen LogP contribution >= 0.6 is 12.4 Å². The molecule has 0 aromatic carbocycles. The third-order valence-electron chi connectivity index (χ3n) is 4.47. The molecular weight excluding hydrogens is 232 g/mol. The number of hydrogen-bond acceptors (Lipinski definition) is 2. The maximum absolute atomic E-state index is 3.45. The van der Waals surface area contributed by atoms with Gasteiger partial charge in [0.15, 0.2) is 0 Å². The van der Waals surface area contributed by atoms with Crippen LogP contribution in [0.25, 0.3) is 0 Å². The van der Waals surface area contributed by atoms with Crippen LogP contribution in [0, 0.1) is 17.3 Å². The molecule has 2 saturated heterocycles. The van der Waals surface area contributed by atoms with Gasteiger partial charge in [0.05, 0.1) is 0 Å². The van der Waals surface area contributed by atoms with Gasteiger partial charge >= 0.3 is 0 Å². The molecule has 0 saturated carbocycles. The number of nitrogens with zero attached hydrogens (tertiary/aromatic N) is 1. The van der Waals surface area contributed by atoms with E-state index in [2.05, 4.69) is 31.0 Å². The molecule has 17 heavy (non-hydrogen) atoms. The van der Waals surface area contributed by atoms with Crippen molar-refractivity contribution in [2.75, 3.05) is 32.7 Å². The predicted molar refractivity (Wildman–Crippen MR) is 76.8 cm³/mol. The first-order valence-corrected chi connectivity index (χ1v) is 6.99. The first-order chi connectivity index (χ1) is 7.55. The fourth-order valence-electron chi connectivity index (χ4n) is 3.13. The Balaban J connectivity index is 0.00000144. The van der Waals surface area contributed by atoms with Gasteiger partial charge in [-0.25, -0.2) is 0 Å². The highest BCUT2D eigenvalue weighted by Gasteiger charge is 2.32. The van der Waals surface area contributed by atoms with Crippen molar-refractivity contribution in [3.8, 4) is 0 Å². The monoisotopic (exact) mass is 260 g/mol. The standard InChI is InChI=1S/C14H28N2.ClH/c1-14(2,3)13-6-9-16(11-13)10-12-4-7-15-8-5-12;/h12-13,15H,4-11H2,1-3H3;1H. The summed E-state index contributed by atoms with van der Waals surface area (Å²) in [6, 6.07) is 0. The Bertz CT molecular complexity index is 219. The van der Waals surface area contributed by atoms with Crippen LogP contribution in [0.2, 0.25) is 0 Å². The van der Waals surface area contributed by atoms with E-state index in [1.807, 2.05) is 0 Å². The molecule has 2 nitrogen and oxygen atoms in total. The zero-order chi connectivity index (χ0) is 11.6. The molecule has 1 unspecified atom stereocenters. The first kappa shape index (κ1) is 15.3. The summed E-state index contributed by atoms with van der Waals surface area (Å²) in [6.45, 7) is 13.7. The quantitative estimate of drug-likeness (QED) is 0.822. The van der Waals surface area contributed by atoms with Gasteiger partial charge < -0.3 is 10.2 Å². The van der Waals surface area contributed by atoms with E-state index in [-0.39, 0.29) is 12.4 Å². The first-order valence-electron chi connectivity index (χ1n) is 6.99. The summed E-state index contributed by atoms with van der Waals surface area (Å²) in [4.78, 5) is 2.71. The zero-order valence-corrected chi connectivity index (χ0v) is 12.5. The van der Waals surface area contributed by atoms with Gasteiger partial charge in [-0.05, 0) is 56.1 Å². The maximum Gasteiger partial charge on any atom is 0.00153 e. The summed E-state index contributed by atoms with van der Waals surface area (Å²) in [5.41, 5.74) is 0.503. The van der Waals surface area contributed by atoms with Crippen LogP contribution in [0.15, 0.2) is 0 Å². The summed E-state index contributed by atoms with van der Waals surface area (Å²) in [5.74, 6) is 1.87. The molecule has 0 amide bonds. The molecule has 0 spiro atoms. The normalized spacial score (nSPS) is 28.1. The fourth-order valence-corrected chi connectivity index (χ4v) is 3.13. The van der Waals surface area contributed by atoms with E-state index in [4.69, 9.17) is 0 Å². The zero-order valence-electron chi connectivity index (χ0n) is 11.7. The molecule has 2 aliphatic heterocycles. The van der Waals surface area contributed by atoms with Crippen molar-refractivity contribution in [1.29, 1.82) is 0 Å². The van der Waals surface area contributed by atoms with Gasteiger partial charge in [-0.3, -0.25) is 0 Å². The molecular formula is C14H29ClN2. The van der Waals surface area contributed by atoms with Gasteiger partial charge in [0.1, 0.15) is 0 Å². The minimum Gasteiger partial charge on any atom is -0.317 e. The Morgan fingerprint density at radius 2 is 1.76 bits per heavy atom. The summed E-state index contributed by atoms with van der Waals surface area (Å²) < 4.78 is 0. The average Bonchev–Trinajstić information content (AvgIpc) is 2.67. The second-order valence-corrected chi connectivity index (χ2v) is 6.80. The number of rotatable bonds is 2. The predicted octanol–water partition coefficient (Wildman–Crippen LogP) is 2.78. The number of nitrogens with one attached hydrogen (secondary N) is 1. The Kier molecular flexibility index (Phi) is 5.75. The van der Waals surface area contributed by atoms with Gasteiger partial charge in [0.2, 0.25) is 0 Å². The SMILES string of the molecule is CC(C)(C)C1CCN(CC2CCNCC2)C1.Cl. The Labute approximate surface area is 113 Å². The van der Waals surface area contributed by atoms with E-state index in [9.17, 15) is 0 Å². The van der Waals surface area contributed by atoms with Crippen LogP contribution in [0.4, 0.5) is 0 Å². The van der Waals surface area contributed by atoms with Crippen LogP contribution < -0.4 is 5.32 Å². The molecule has 102 valence electrons. The van der Waals surface area contributed by atoms with Gasteiger partial charge in [-0.2, -0.15) is 0 Å². The summed E-state index contributed by atoms with van der Waals surface area (Å²) >= 11 is 0. The van der Waals surface area contributed by atoms with E-state index in [0.29, 0.717) is 5.41 Å². The van der Waals surface area contributed by atoms with Crippen molar-refractivity contribution in [2.24, 2.45) is 17.3 Å². The van der Waals surface area contributed by atoms with Gasteiger partial charge in [0.25, 0.3) is 0 Å². The topological polar surface area (TPSA) is 15.3 Å². The summed E-state index contributed by atoms with van der Waals surface area (Å²) in [6.07, 6.45) is 4.18. The summed E-state index contributed by atoms with van der Waals surface area (Å²) in [5, 5.41) is 3.45. The van der Waals surface area contributed by atoms with Gasteiger partial charge in [0, 0.05) is 13.1 Å². The van der Waals surface area contributed by atoms with Crippen LogP contribution in [0.5, 0.6) is 0 Å². The van der Waals surface area contributed by atoms with Crippen molar-refractivity contribution in [2.45, 2.75) is 40.0 Å². The lowest BCUT2D eigenvalue weighted by atomic mass is 9.80. The van der Waals surface area contributed by atoms with Crippen molar-refractivity contribution < 1.29 is 0 Å². The molecule has 2 fully saturated rings. The molecule has 0 aromatic rings. The lowest BCUT2D eigenvalue weighted by molar-refractivity contribution is 0.201. The average molecular weight is 261 g/mol. The van der Waals surface area contributed by atoms with E-state index in [1.54, 1.807) is 0 Å². The van der Waals surface area contributed by atoms with E-state index in [1.165, 1.54) is 52.0 Å². The molecule has 0 radical (unpaired) electrons. The molecule has 1 N–H and O–H groups in total. The number of halogens is 1. The number of piperidine rings is 1. The van der Waals surface area contributed by atoms with Crippen molar-refractivity contribution >= 4 is 12.4 Å². The number of hydrogen-bond donors (Lipinski definition) is 1. The second-order valence-electron chi connectivity index (χ2n) is 6.80. The minimum atomic E-state index is 0. The molecule has 2 heterocycles. The van der Waals surface area contributed by atoms with Gasteiger partial charge in [-0.15, -0.1) is 12.4 Å². The third kappa shape index (κ3) is 4.42. The number of likely N-dealkylation sites (tertiary alicyclic amines) is 1. The van der Waals surface area contributed by atoms with Crippen LogP contribution in [0.1, 0.15) is 40.0 Å². The van der Waals surface area contributed by atoms with Crippen LogP contribution in [-0.2, 0) is 0 Å². The Morgan fingerprint density at radius 3 is 2.29 bits per heavy atom. The van der Waals surface area contributed by atoms with Crippen molar-refractivity contribution in [3.05, 3.63) is 0 Å². The second kappa shape index (κ2) is 6.40. The van der Waals surface area contributed by atoms with E-state index < -0.39 is 0 Å². The van der Waals surface area contributed by atoms with Crippen molar-refractivity contribution in [3.63, 3.8) is 0 Å². The fraction of sp³-hybridized carbons (Fsp3) is 1.00. The van der Waals surface area contributed by atoms with Crippen LogP contribution in [-0.4, -0.2) is 37.6 Å². The van der Waals surface area contributed by atoms with E-state index in [0.717, 1.165) is 11.8 Å². The third-order valence-corrected chi connectivity index (χ3v) is 4.47. The largest absolute Gasteiger partial charge is 0.317 e. The lowest BCUT2D eigenvalue weighted by Crippen LogP contribution is -2.36. The molecule has 3 heteroatoms. The highest BCUT2D eigenvalue weighted by Crippen LogP contribution is 2.34. The molecule has 0 aliphatic carbocycles. The lowest BCUT2D eigenvalue weighted by Gasteiger charge is -2.29. The summed E-state index contributed by atoms with van der Waals surface area (Å²) in [7, 11) is 0. The molecule has 0 aromatic heterocycles. The highest BCUT2D eigenvalue weighted by molar-refractivity contribution is 5.85. The maximum atomic E-state index is 3.45. The molecule has 0 bridgehead atoms. The smallest absolute Gasteiger partial charge is 0.00153 e. The molecule has 2 aliphatic rings. The van der Waals surface area contributed by atoms with Crippen LogP contribution in [0.3, 0.4) is 0 Å². The van der Waals surface area contributed by atoms with Gasteiger partial charge in [-0.1, -0.05) is 20.8 Å². The highest BCUT2D eigenvalue weighted by atomic mass is 35.5. The van der Waals surface area contributed by atoms with Crippen molar-refractivity contribution in [1.82, 2.24) is 10.2 Å². The molecule has 2 rings (SSSR count). The van der Waals surface area contributed by atoms with E-state index >= 15 is 0 Å². The molecule has 1 atom stereocenters. The minimum absolute atomic E-state index is 0. The Morgan fingerprint density at radius 1 is 1.12 bits per heavy atom.